The van der Waals surface area contributed by atoms with Crippen LogP contribution in [0.15, 0.2) is 0 Å². The number of hydrogen-bond acceptors (Lipinski definition) is 4. The molecule has 0 spiro atoms. The van der Waals surface area contributed by atoms with Crippen LogP contribution < -0.4 is 5.32 Å². The summed E-state index contributed by atoms with van der Waals surface area (Å²) in [6.45, 7) is 5.75. The highest BCUT2D eigenvalue weighted by atomic mass is 16.6. The summed E-state index contributed by atoms with van der Waals surface area (Å²) in [5, 5.41) is 11.4. The fraction of sp³-hybridized carbons (Fsp3) is 0.889. The van der Waals surface area contributed by atoms with Crippen molar-refractivity contribution in [2.45, 2.75) is 38.5 Å². The number of aliphatic hydroxyl groups excluding tert-OH is 1. The minimum absolute atomic E-state index is 0.0829. The van der Waals surface area contributed by atoms with Crippen molar-refractivity contribution in [1.82, 2.24) is 5.32 Å². The zero-order valence-corrected chi connectivity index (χ0v) is 8.74. The zero-order chi connectivity index (χ0) is 10.8. The van der Waals surface area contributed by atoms with Gasteiger partial charge in [-0.05, 0) is 20.8 Å². The van der Waals surface area contributed by atoms with Crippen LogP contribution in [0.5, 0.6) is 0 Å². The van der Waals surface area contributed by atoms with Gasteiger partial charge in [-0.2, -0.15) is 0 Å². The number of hydrogen-bond donors (Lipinski definition) is 2. The SMILES string of the molecule is CC(C)(C)OC(=O)N[C@H]1CO[C@@H]1CO. The Kier molecular flexibility index (Phi) is 3.34. The van der Waals surface area contributed by atoms with E-state index in [0.717, 1.165) is 0 Å². The van der Waals surface area contributed by atoms with E-state index in [9.17, 15) is 4.79 Å². The lowest BCUT2D eigenvalue weighted by atomic mass is 10.1. The Morgan fingerprint density at radius 3 is 2.64 bits per heavy atom. The number of amides is 1. The number of rotatable bonds is 2. The van der Waals surface area contributed by atoms with Gasteiger partial charge in [0.05, 0.1) is 19.3 Å². The molecule has 2 atom stereocenters. The van der Waals surface area contributed by atoms with E-state index < -0.39 is 11.7 Å². The van der Waals surface area contributed by atoms with Gasteiger partial charge in [0, 0.05) is 0 Å². The predicted molar refractivity (Wildman–Crippen MR) is 50.0 cm³/mol. The van der Waals surface area contributed by atoms with Crippen LogP contribution >= 0.6 is 0 Å². The summed E-state index contributed by atoms with van der Waals surface area (Å²) in [5.74, 6) is 0. The van der Waals surface area contributed by atoms with Crippen molar-refractivity contribution >= 4 is 6.09 Å². The summed E-state index contributed by atoms with van der Waals surface area (Å²) in [5.41, 5.74) is -0.497. The molecule has 2 N–H and O–H groups in total. The molecule has 0 radical (unpaired) electrons. The summed E-state index contributed by atoms with van der Waals surface area (Å²) in [4.78, 5) is 11.3. The average molecular weight is 203 g/mol. The summed E-state index contributed by atoms with van der Waals surface area (Å²) in [7, 11) is 0. The van der Waals surface area contributed by atoms with Crippen LogP contribution in [0.3, 0.4) is 0 Å². The Bertz CT molecular complexity index is 209. The molecule has 1 rings (SSSR count). The van der Waals surface area contributed by atoms with E-state index in [1.807, 2.05) is 0 Å². The van der Waals surface area contributed by atoms with Crippen LogP contribution in [0.4, 0.5) is 4.79 Å². The fourth-order valence-electron chi connectivity index (χ4n) is 1.10. The number of ether oxygens (including phenoxy) is 2. The van der Waals surface area contributed by atoms with Crippen molar-refractivity contribution in [2.24, 2.45) is 0 Å². The van der Waals surface area contributed by atoms with Crippen LogP contribution in [0, 0.1) is 0 Å². The molecule has 0 unspecified atom stereocenters. The number of nitrogens with one attached hydrogen (secondary N) is 1. The van der Waals surface area contributed by atoms with Crippen LogP contribution in [-0.2, 0) is 9.47 Å². The summed E-state index contributed by atoms with van der Waals surface area (Å²) >= 11 is 0. The van der Waals surface area contributed by atoms with Crippen molar-refractivity contribution in [3.05, 3.63) is 0 Å². The standard InChI is InChI=1S/C9H17NO4/c1-9(2,3)14-8(12)10-6-5-13-7(6)4-11/h6-7,11H,4-5H2,1-3H3,(H,10,12)/t6-,7+/m0/s1. The molecule has 0 aliphatic carbocycles. The van der Waals surface area contributed by atoms with Gasteiger partial charge < -0.3 is 19.9 Å². The van der Waals surface area contributed by atoms with Gasteiger partial charge in [0.2, 0.25) is 0 Å². The summed E-state index contributed by atoms with van der Waals surface area (Å²) in [6, 6.07) is -0.130. The molecule has 14 heavy (non-hydrogen) atoms. The molecule has 1 aliphatic rings. The minimum Gasteiger partial charge on any atom is -0.444 e. The van der Waals surface area contributed by atoms with Gasteiger partial charge in [-0.3, -0.25) is 0 Å². The van der Waals surface area contributed by atoms with E-state index in [1.54, 1.807) is 20.8 Å². The van der Waals surface area contributed by atoms with E-state index >= 15 is 0 Å². The second-order valence-corrected chi connectivity index (χ2v) is 4.31. The molecule has 0 aromatic rings. The largest absolute Gasteiger partial charge is 0.444 e. The number of carbonyl (C=O) groups excluding carboxylic acids is 1. The quantitative estimate of drug-likeness (QED) is 0.676. The van der Waals surface area contributed by atoms with Crippen LogP contribution in [0.1, 0.15) is 20.8 Å². The Balaban J connectivity index is 2.27. The first-order chi connectivity index (χ1) is 6.42. The molecule has 1 saturated heterocycles. The molecule has 0 aromatic carbocycles. The highest BCUT2D eigenvalue weighted by Gasteiger charge is 2.33. The van der Waals surface area contributed by atoms with Gasteiger partial charge in [-0.15, -0.1) is 0 Å². The third kappa shape index (κ3) is 3.16. The molecule has 5 nitrogen and oxygen atoms in total. The van der Waals surface area contributed by atoms with Gasteiger partial charge in [-0.25, -0.2) is 4.79 Å². The molecule has 82 valence electrons. The Hall–Kier alpha value is -0.810. The second-order valence-electron chi connectivity index (χ2n) is 4.31. The third-order valence-electron chi connectivity index (χ3n) is 1.82. The maximum atomic E-state index is 11.3. The molecule has 1 amide bonds. The smallest absolute Gasteiger partial charge is 0.408 e. The highest BCUT2D eigenvalue weighted by Crippen LogP contribution is 2.13. The van der Waals surface area contributed by atoms with Crippen LogP contribution in [0.2, 0.25) is 0 Å². The van der Waals surface area contributed by atoms with Gasteiger partial charge >= 0.3 is 6.09 Å². The normalized spacial score (nSPS) is 26.6. The monoisotopic (exact) mass is 203 g/mol. The Morgan fingerprint density at radius 2 is 2.29 bits per heavy atom. The van der Waals surface area contributed by atoms with E-state index in [0.29, 0.717) is 6.61 Å². The predicted octanol–water partition coefficient (Wildman–Crippen LogP) is 0.271. The molecule has 1 aliphatic heterocycles. The van der Waals surface area contributed by atoms with E-state index in [2.05, 4.69) is 5.32 Å². The molecule has 0 bridgehead atoms. The summed E-state index contributed by atoms with van der Waals surface area (Å²) < 4.78 is 10.1. The van der Waals surface area contributed by atoms with Gasteiger partial charge in [0.1, 0.15) is 11.7 Å². The van der Waals surface area contributed by atoms with Crippen molar-refractivity contribution in [3.63, 3.8) is 0 Å². The fourth-order valence-corrected chi connectivity index (χ4v) is 1.10. The average Bonchev–Trinajstić information content (AvgIpc) is 1.96. The van der Waals surface area contributed by atoms with Crippen molar-refractivity contribution in [1.29, 1.82) is 0 Å². The maximum absolute atomic E-state index is 11.3. The molecule has 5 heteroatoms. The van der Waals surface area contributed by atoms with Crippen LogP contribution in [-0.4, -0.2) is 42.2 Å². The molecule has 0 saturated carbocycles. The van der Waals surface area contributed by atoms with Crippen molar-refractivity contribution < 1.29 is 19.4 Å². The topological polar surface area (TPSA) is 67.8 Å². The van der Waals surface area contributed by atoms with E-state index in [1.165, 1.54) is 0 Å². The van der Waals surface area contributed by atoms with E-state index in [4.69, 9.17) is 14.6 Å². The van der Waals surface area contributed by atoms with Gasteiger partial charge in [0.25, 0.3) is 0 Å². The lowest BCUT2D eigenvalue weighted by molar-refractivity contribution is -0.109. The van der Waals surface area contributed by atoms with Crippen LogP contribution in [0.25, 0.3) is 0 Å². The van der Waals surface area contributed by atoms with Gasteiger partial charge in [0.15, 0.2) is 0 Å². The molecular weight excluding hydrogens is 186 g/mol. The lowest BCUT2D eigenvalue weighted by Crippen LogP contribution is -2.58. The molecular formula is C9H17NO4. The summed E-state index contributed by atoms with van der Waals surface area (Å²) in [6.07, 6.45) is -0.758. The molecule has 0 aromatic heterocycles. The molecule has 1 heterocycles. The number of carbonyl (C=O) groups is 1. The molecule has 1 fully saturated rings. The maximum Gasteiger partial charge on any atom is 0.408 e. The first-order valence-electron chi connectivity index (χ1n) is 4.64. The Morgan fingerprint density at radius 1 is 1.64 bits per heavy atom. The van der Waals surface area contributed by atoms with E-state index in [-0.39, 0.29) is 18.8 Å². The third-order valence-corrected chi connectivity index (χ3v) is 1.82. The zero-order valence-electron chi connectivity index (χ0n) is 8.74. The Labute approximate surface area is 83.4 Å². The highest BCUT2D eigenvalue weighted by molar-refractivity contribution is 5.68. The minimum atomic E-state index is -0.497. The second kappa shape index (κ2) is 4.14. The van der Waals surface area contributed by atoms with Gasteiger partial charge in [-0.1, -0.05) is 0 Å². The lowest BCUT2D eigenvalue weighted by Gasteiger charge is -2.36. The first kappa shape index (κ1) is 11.3. The first-order valence-corrected chi connectivity index (χ1v) is 4.64. The number of aliphatic hydroxyl groups is 1. The van der Waals surface area contributed by atoms with Crippen molar-refractivity contribution in [2.75, 3.05) is 13.2 Å². The van der Waals surface area contributed by atoms with Crippen molar-refractivity contribution in [3.8, 4) is 0 Å². The number of alkyl carbamates (subject to hydrolysis) is 1.